The summed E-state index contributed by atoms with van der Waals surface area (Å²) in [7, 11) is -3.66. The van der Waals surface area contributed by atoms with E-state index < -0.39 is 10.0 Å². The number of amides is 1. The highest BCUT2D eigenvalue weighted by molar-refractivity contribution is 7.90. The number of sulfonamides is 1. The number of nitrogens with zero attached hydrogens (tertiary/aromatic N) is 3. The van der Waals surface area contributed by atoms with Gasteiger partial charge < -0.3 is 9.80 Å². The van der Waals surface area contributed by atoms with Crippen LogP contribution in [-0.4, -0.2) is 44.2 Å². The van der Waals surface area contributed by atoms with Gasteiger partial charge in [-0.3, -0.25) is 4.79 Å². The lowest BCUT2D eigenvalue weighted by Gasteiger charge is -2.37. The highest BCUT2D eigenvalue weighted by Gasteiger charge is 2.36. The van der Waals surface area contributed by atoms with Crippen molar-refractivity contribution in [2.75, 3.05) is 18.0 Å². The van der Waals surface area contributed by atoms with Crippen LogP contribution in [0.15, 0.2) is 63.9 Å². The Hall–Kier alpha value is -2.67. The van der Waals surface area contributed by atoms with Gasteiger partial charge in [0.2, 0.25) is 5.91 Å². The molecule has 1 amide bonds. The quantitative estimate of drug-likeness (QED) is 0.777. The van der Waals surface area contributed by atoms with Gasteiger partial charge in [0.25, 0.3) is 10.0 Å². The molecule has 1 saturated heterocycles. The number of rotatable bonds is 3. The summed E-state index contributed by atoms with van der Waals surface area (Å²) in [6.45, 7) is 5.18. The van der Waals surface area contributed by atoms with Crippen LogP contribution in [0.5, 0.6) is 0 Å². The van der Waals surface area contributed by atoms with E-state index in [4.69, 9.17) is 0 Å². The summed E-state index contributed by atoms with van der Waals surface area (Å²) in [6, 6.07) is 16.6. The Bertz CT molecular complexity index is 1050. The van der Waals surface area contributed by atoms with E-state index in [2.05, 4.69) is 4.40 Å². The average molecular weight is 412 g/mol. The van der Waals surface area contributed by atoms with Gasteiger partial charge in [0.1, 0.15) is 4.90 Å². The molecule has 6 nitrogen and oxygen atoms in total. The van der Waals surface area contributed by atoms with Crippen molar-refractivity contribution in [3.63, 3.8) is 0 Å². The molecule has 1 fully saturated rings. The minimum absolute atomic E-state index is 0.0326. The Kier molecular flexibility index (Phi) is 5.17. The van der Waals surface area contributed by atoms with Gasteiger partial charge in [-0.1, -0.05) is 30.3 Å². The number of carbonyl (C=O) groups excluding carboxylic acids is 1. The van der Waals surface area contributed by atoms with Crippen LogP contribution in [0.1, 0.15) is 32.3 Å². The van der Waals surface area contributed by atoms with Crippen molar-refractivity contribution >= 4 is 27.5 Å². The summed E-state index contributed by atoms with van der Waals surface area (Å²) < 4.78 is 28.9. The highest BCUT2D eigenvalue weighted by atomic mass is 32.2. The largest absolute Gasteiger partial charge is 0.355 e. The van der Waals surface area contributed by atoms with E-state index in [1.54, 1.807) is 18.2 Å². The molecule has 29 heavy (non-hydrogen) atoms. The molecule has 2 aliphatic heterocycles. The second-order valence-corrected chi connectivity index (χ2v) is 9.38. The third-order valence-electron chi connectivity index (χ3n) is 5.47. The summed E-state index contributed by atoms with van der Waals surface area (Å²) in [5, 5.41) is 0. The number of hydrogen-bond acceptors (Lipinski definition) is 4. The zero-order chi connectivity index (χ0) is 20.6. The first-order chi connectivity index (χ1) is 13.9. The lowest BCUT2D eigenvalue weighted by atomic mass is 9.95. The second kappa shape index (κ2) is 7.63. The molecule has 2 aromatic rings. The zero-order valence-corrected chi connectivity index (χ0v) is 17.5. The Morgan fingerprint density at radius 3 is 2.52 bits per heavy atom. The molecule has 0 N–H and O–H groups in total. The number of para-hydroxylation sites is 1. The summed E-state index contributed by atoms with van der Waals surface area (Å²) in [4.78, 5) is 17.5. The molecule has 0 aliphatic carbocycles. The van der Waals surface area contributed by atoms with Gasteiger partial charge in [-0.15, -0.1) is 4.40 Å². The predicted molar refractivity (Wildman–Crippen MR) is 114 cm³/mol. The van der Waals surface area contributed by atoms with E-state index in [-0.39, 0.29) is 22.8 Å². The standard InChI is InChI=1S/C22H25N3O3S/c1-16(2)25(18-10-4-3-5-11-18)22(26)17-9-8-14-24(15-17)21-19-12-6-7-13-20(19)29(27,28)23-21/h3-7,10-13,16-17H,8-9,14-15H2,1-2H3. The molecule has 2 aromatic carbocycles. The van der Waals surface area contributed by atoms with Crippen molar-refractivity contribution in [3.8, 4) is 0 Å². The van der Waals surface area contributed by atoms with Crippen molar-refractivity contribution in [2.24, 2.45) is 10.3 Å². The van der Waals surface area contributed by atoms with E-state index in [0.29, 0.717) is 24.5 Å². The number of hydrogen-bond donors (Lipinski definition) is 0. The lowest BCUT2D eigenvalue weighted by Crippen LogP contribution is -2.48. The normalized spacial score (nSPS) is 20.3. The van der Waals surface area contributed by atoms with E-state index in [9.17, 15) is 13.2 Å². The van der Waals surface area contributed by atoms with Gasteiger partial charge in [0, 0.05) is 30.4 Å². The van der Waals surface area contributed by atoms with Gasteiger partial charge in [-0.25, -0.2) is 0 Å². The van der Waals surface area contributed by atoms with Crippen molar-refractivity contribution in [1.82, 2.24) is 4.90 Å². The van der Waals surface area contributed by atoms with Crippen molar-refractivity contribution in [3.05, 3.63) is 60.2 Å². The first kappa shape index (κ1) is 19.6. The first-order valence-corrected chi connectivity index (χ1v) is 11.4. The summed E-state index contributed by atoms with van der Waals surface area (Å²) in [6.07, 6.45) is 1.60. The van der Waals surface area contributed by atoms with Crippen LogP contribution in [0.25, 0.3) is 0 Å². The van der Waals surface area contributed by atoms with Crippen LogP contribution < -0.4 is 4.90 Å². The van der Waals surface area contributed by atoms with Crippen molar-refractivity contribution < 1.29 is 13.2 Å². The molecule has 152 valence electrons. The van der Waals surface area contributed by atoms with E-state index in [0.717, 1.165) is 18.5 Å². The number of fused-ring (bicyclic) bond motifs is 1. The SMILES string of the molecule is CC(C)N(C(=O)C1CCCN(C2=NS(=O)(=O)c3ccccc32)C1)c1ccccc1. The van der Waals surface area contributed by atoms with Crippen LogP contribution in [0.3, 0.4) is 0 Å². The zero-order valence-electron chi connectivity index (χ0n) is 16.7. The van der Waals surface area contributed by atoms with E-state index in [1.807, 2.05) is 60.0 Å². The molecule has 7 heteroatoms. The molecule has 2 aliphatic rings. The maximum absolute atomic E-state index is 13.4. The molecule has 1 atom stereocenters. The molecule has 4 rings (SSSR count). The fourth-order valence-corrected chi connectivity index (χ4v) is 5.38. The smallest absolute Gasteiger partial charge is 0.285 e. The van der Waals surface area contributed by atoms with Gasteiger partial charge in [0.05, 0.1) is 5.92 Å². The minimum Gasteiger partial charge on any atom is -0.355 e. The molecule has 0 saturated carbocycles. The van der Waals surface area contributed by atoms with Gasteiger partial charge >= 0.3 is 0 Å². The first-order valence-electron chi connectivity index (χ1n) is 9.96. The van der Waals surface area contributed by atoms with Crippen LogP contribution in [-0.2, 0) is 14.8 Å². The van der Waals surface area contributed by atoms with Crippen molar-refractivity contribution in [1.29, 1.82) is 0 Å². The van der Waals surface area contributed by atoms with Crippen LogP contribution in [0.4, 0.5) is 5.69 Å². The molecular formula is C22H25N3O3S. The van der Waals surface area contributed by atoms with Crippen LogP contribution >= 0.6 is 0 Å². The third kappa shape index (κ3) is 3.67. The molecule has 0 spiro atoms. The third-order valence-corrected chi connectivity index (χ3v) is 6.80. The number of benzene rings is 2. The van der Waals surface area contributed by atoms with Crippen LogP contribution in [0.2, 0.25) is 0 Å². The highest BCUT2D eigenvalue weighted by Crippen LogP contribution is 2.31. The Morgan fingerprint density at radius 1 is 1.10 bits per heavy atom. The van der Waals surface area contributed by atoms with E-state index >= 15 is 0 Å². The second-order valence-electron chi connectivity index (χ2n) is 7.81. The minimum atomic E-state index is -3.66. The summed E-state index contributed by atoms with van der Waals surface area (Å²) >= 11 is 0. The summed E-state index contributed by atoms with van der Waals surface area (Å²) in [5.41, 5.74) is 1.51. The number of piperidine rings is 1. The Labute approximate surface area is 171 Å². The maximum Gasteiger partial charge on any atom is 0.285 e. The monoisotopic (exact) mass is 411 g/mol. The van der Waals surface area contributed by atoms with Crippen LogP contribution in [0, 0.1) is 5.92 Å². The van der Waals surface area contributed by atoms with E-state index in [1.165, 1.54) is 0 Å². The van der Waals surface area contributed by atoms with Gasteiger partial charge in [0.15, 0.2) is 5.84 Å². The van der Waals surface area contributed by atoms with Gasteiger partial charge in [-0.05, 0) is 51.0 Å². The molecule has 2 heterocycles. The molecule has 0 aromatic heterocycles. The fourth-order valence-electron chi connectivity index (χ4n) is 4.15. The molecule has 1 unspecified atom stereocenters. The van der Waals surface area contributed by atoms with Crippen molar-refractivity contribution in [2.45, 2.75) is 37.6 Å². The topological polar surface area (TPSA) is 70.1 Å². The van der Waals surface area contributed by atoms with Gasteiger partial charge in [-0.2, -0.15) is 8.42 Å². The number of anilines is 1. The lowest BCUT2D eigenvalue weighted by molar-refractivity contribution is -0.123. The summed E-state index contributed by atoms with van der Waals surface area (Å²) in [5.74, 6) is 0.337. The molecule has 0 bridgehead atoms. The molecular weight excluding hydrogens is 386 g/mol. The maximum atomic E-state index is 13.4. The average Bonchev–Trinajstić information content (AvgIpc) is 3.00. The Balaban J connectivity index is 1.60. The molecule has 0 radical (unpaired) electrons. The Morgan fingerprint density at radius 2 is 1.79 bits per heavy atom. The predicted octanol–water partition coefficient (Wildman–Crippen LogP) is 3.29. The number of likely N-dealkylation sites (tertiary alicyclic amines) is 1. The number of carbonyl (C=O) groups is 1. The fraction of sp³-hybridized carbons (Fsp3) is 0.364. The number of amidine groups is 1.